The van der Waals surface area contributed by atoms with E-state index >= 15 is 0 Å². The highest BCUT2D eigenvalue weighted by atomic mass is 79.9. The zero-order valence-corrected chi connectivity index (χ0v) is 12.1. The van der Waals surface area contributed by atoms with E-state index in [4.69, 9.17) is 4.42 Å². The third kappa shape index (κ3) is 3.57. The van der Waals surface area contributed by atoms with E-state index in [-0.39, 0.29) is 5.92 Å². The predicted octanol–water partition coefficient (Wildman–Crippen LogP) is 4.25. The molecule has 0 radical (unpaired) electrons. The zero-order chi connectivity index (χ0) is 12.3. The number of aromatic nitrogens is 2. The summed E-state index contributed by atoms with van der Waals surface area (Å²) in [6.07, 6.45) is 0. The topological polar surface area (TPSA) is 38.9 Å². The molecule has 0 unspecified atom stereocenters. The first kappa shape index (κ1) is 12.6. The molecule has 0 fully saturated rings. The fraction of sp³-hybridized carbons (Fsp3) is 0.333. The van der Waals surface area contributed by atoms with Gasteiger partial charge in [0.25, 0.3) is 0 Å². The van der Waals surface area contributed by atoms with Gasteiger partial charge in [-0.2, -0.15) is 0 Å². The summed E-state index contributed by atoms with van der Waals surface area (Å²) >= 11 is 5.13. The molecule has 3 nitrogen and oxygen atoms in total. The maximum Gasteiger partial charge on any atom is 0.226 e. The van der Waals surface area contributed by atoms with Gasteiger partial charge in [-0.3, -0.25) is 0 Å². The molecular formula is C12H13BrN2OS. The smallest absolute Gasteiger partial charge is 0.226 e. The van der Waals surface area contributed by atoms with E-state index in [1.54, 1.807) is 11.8 Å². The molecule has 0 aliphatic rings. The van der Waals surface area contributed by atoms with Crippen LogP contribution in [0.25, 0.3) is 0 Å². The quantitative estimate of drug-likeness (QED) is 0.791. The summed E-state index contributed by atoms with van der Waals surface area (Å²) in [5.41, 5.74) is 0. The molecule has 90 valence electrons. The molecule has 2 rings (SSSR count). The first-order valence-corrected chi connectivity index (χ1v) is 7.13. The molecule has 0 atom stereocenters. The van der Waals surface area contributed by atoms with Crippen LogP contribution in [-0.4, -0.2) is 10.2 Å². The molecule has 0 spiro atoms. The molecule has 0 aliphatic heterocycles. The van der Waals surface area contributed by atoms with E-state index in [0.29, 0.717) is 17.5 Å². The molecule has 1 heterocycles. The minimum atomic E-state index is 0.284. The van der Waals surface area contributed by atoms with E-state index in [1.165, 1.54) is 4.90 Å². The minimum Gasteiger partial charge on any atom is -0.424 e. The molecule has 0 amide bonds. The summed E-state index contributed by atoms with van der Waals surface area (Å²) in [4.78, 5) is 1.18. The van der Waals surface area contributed by atoms with E-state index in [1.807, 2.05) is 26.0 Å². The number of nitrogens with zero attached hydrogens (tertiary/aromatic N) is 2. The Morgan fingerprint density at radius 1 is 1.35 bits per heavy atom. The van der Waals surface area contributed by atoms with Gasteiger partial charge in [0.1, 0.15) is 0 Å². The minimum absolute atomic E-state index is 0.284. The van der Waals surface area contributed by atoms with Gasteiger partial charge in [-0.05, 0) is 18.2 Å². The van der Waals surface area contributed by atoms with Crippen molar-refractivity contribution >= 4 is 27.7 Å². The highest BCUT2D eigenvalue weighted by Gasteiger charge is 2.09. The first-order chi connectivity index (χ1) is 8.15. The Bertz CT molecular complexity index is 499. The second-order valence-corrected chi connectivity index (χ2v) is 5.90. The second kappa shape index (κ2) is 5.69. The summed E-state index contributed by atoms with van der Waals surface area (Å²) in [5, 5.41) is 8.03. The molecule has 2 aromatic rings. The number of hydrogen-bond acceptors (Lipinski definition) is 4. The molecular weight excluding hydrogens is 300 g/mol. The van der Waals surface area contributed by atoms with Crippen LogP contribution in [0.4, 0.5) is 0 Å². The molecule has 1 aromatic carbocycles. The van der Waals surface area contributed by atoms with E-state index < -0.39 is 0 Å². The van der Waals surface area contributed by atoms with Gasteiger partial charge >= 0.3 is 0 Å². The Morgan fingerprint density at radius 3 is 2.82 bits per heavy atom. The van der Waals surface area contributed by atoms with Gasteiger partial charge in [0, 0.05) is 15.3 Å². The molecule has 0 bridgehead atoms. The van der Waals surface area contributed by atoms with Crippen LogP contribution in [-0.2, 0) is 5.75 Å². The monoisotopic (exact) mass is 312 g/mol. The van der Waals surface area contributed by atoms with Crippen LogP contribution in [0.1, 0.15) is 31.5 Å². The summed E-state index contributed by atoms with van der Waals surface area (Å²) in [6, 6.07) is 8.16. The Labute approximate surface area is 113 Å². The lowest BCUT2D eigenvalue weighted by atomic mass is 10.2. The van der Waals surface area contributed by atoms with Crippen molar-refractivity contribution in [2.75, 3.05) is 0 Å². The molecule has 0 saturated carbocycles. The van der Waals surface area contributed by atoms with Crippen LogP contribution in [0, 0.1) is 0 Å². The van der Waals surface area contributed by atoms with Gasteiger partial charge in [-0.25, -0.2) is 0 Å². The van der Waals surface area contributed by atoms with Crippen molar-refractivity contribution in [2.24, 2.45) is 0 Å². The van der Waals surface area contributed by atoms with Gasteiger partial charge in [-0.1, -0.05) is 35.8 Å². The van der Waals surface area contributed by atoms with Crippen LogP contribution >= 0.6 is 27.7 Å². The summed E-state index contributed by atoms with van der Waals surface area (Å²) in [5.74, 6) is 2.37. The van der Waals surface area contributed by atoms with Crippen molar-refractivity contribution in [3.8, 4) is 0 Å². The summed E-state index contributed by atoms with van der Waals surface area (Å²) < 4.78 is 6.62. The Kier molecular flexibility index (Phi) is 4.23. The maximum absolute atomic E-state index is 5.54. The highest BCUT2D eigenvalue weighted by Crippen LogP contribution is 2.25. The number of thioether (sulfide) groups is 1. The Morgan fingerprint density at radius 2 is 2.18 bits per heavy atom. The normalized spacial score (nSPS) is 11.1. The largest absolute Gasteiger partial charge is 0.424 e. The fourth-order valence-corrected chi connectivity index (χ4v) is 2.60. The number of benzene rings is 1. The van der Waals surface area contributed by atoms with Crippen molar-refractivity contribution in [1.82, 2.24) is 10.2 Å². The van der Waals surface area contributed by atoms with Crippen molar-refractivity contribution in [3.63, 3.8) is 0 Å². The van der Waals surface area contributed by atoms with Gasteiger partial charge in [0.15, 0.2) is 0 Å². The molecule has 5 heteroatoms. The summed E-state index contributed by atoms with van der Waals surface area (Å²) in [6.45, 7) is 4.08. The van der Waals surface area contributed by atoms with Gasteiger partial charge in [0.05, 0.1) is 5.75 Å². The van der Waals surface area contributed by atoms with Gasteiger partial charge < -0.3 is 4.42 Å². The number of rotatable bonds is 4. The number of hydrogen-bond donors (Lipinski definition) is 0. The molecule has 0 N–H and O–H groups in total. The van der Waals surface area contributed by atoms with Gasteiger partial charge in [-0.15, -0.1) is 22.0 Å². The van der Waals surface area contributed by atoms with Crippen LogP contribution in [0.3, 0.4) is 0 Å². The predicted molar refractivity (Wildman–Crippen MR) is 72.1 cm³/mol. The van der Waals surface area contributed by atoms with Crippen molar-refractivity contribution in [2.45, 2.75) is 30.4 Å². The molecule has 0 saturated heterocycles. The van der Waals surface area contributed by atoms with Gasteiger partial charge in [0.2, 0.25) is 11.8 Å². The first-order valence-electron chi connectivity index (χ1n) is 5.36. The molecule has 0 aliphatic carbocycles. The SMILES string of the molecule is CC(C)c1nnc(CSc2cccc(Br)c2)o1. The van der Waals surface area contributed by atoms with Crippen LogP contribution in [0.2, 0.25) is 0 Å². The van der Waals surface area contributed by atoms with Crippen LogP contribution in [0.5, 0.6) is 0 Å². The van der Waals surface area contributed by atoms with Crippen LogP contribution in [0.15, 0.2) is 38.1 Å². The molecule has 1 aromatic heterocycles. The average Bonchev–Trinajstić information content (AvgIpc) is 2.75. The third-order valence-electron chi connectivity index (χ3n) is 2.13. The zero-order valence-electron chi connectivity index (χ0n) is 9.68. The summed E-state index contributed by atoms with van der Waals surface area (Å²) in [7, 11) is 0. The standard InChI is InChI=1S/C12H13BrN2OS/c1-8(2)12-15-14-11(16-12)7-17-10-5-3-4-9(13)6-10/h3-6,8H,7H2,1-2H3. The Hall–Kier alpha value is -0.810. The Balaban J connectivity index is 1.97. The lowest BCUT2D eigenvalue weighted by molar-refractivity contribution is 0.445. The van der Waals surface area contributed by atoms with E-state index in [0.717, 1.165) is 4.47 Å². The molecule has 17 heavy (non-hydrogen) atoms. The lowest BCUT2D eigenvalue weighted by Crippen LogP contribution is -1.85. The maximum atomic E-state index is 5.54. The van der Waals surface area contributed by atoms with Crippen LogP contribution < -0.4 is 0 Å². The highest BCUT2D eigenvalue weighted by molar-refractivity contribution is 9.10. The van der Waals surface area contributed by atoms with Crippen molar-refractivity contribution < 1.29 is 4.42 Å². The van der Waals surface area contributed by atoms with Crippen molar-refractivity contribution in [3.05, 3.63) is 40.5 Å². The number of halogens is 1. The fourth-order valence-electron chi connectivity index (χ4n) is 1.26. The van der Waals surface area contributed by atoms with E-state index in [2.05, 4.69) is 38.3 Å². The lowest BCUT2D eigenvalue weighted by Gasteiger charge is -1.99. The van der Waals surface area contributed by atoms with E-state index in [9.17, 15) is 0 Å². The second-order valence-electron chi connectivity index (χ2n) is 3.93. The average molecular weight is 313 g/mol. The van der Waals surface area contributed by atoms with Crippen molar-refractivity contribution in [1.29, 1.82) is 0 Å². The third-order valence-corrected chi connectivity index (χ3v) is 3.61.